The molecule has 1 N–H and O–H groups in total. The minimum atomic E-state index is 0.585. The van der Waals surface area contributed by atoms with Gasteiger partial charge in [0.1, 0.15) is 11.6 Å². The third-order valence-corrected chi connectivity index (χ3v) is 3.61. The molecule has 0 radical (unpaired) electrons. The van der Waals surface area contributed by atoms with E-state index in [1.165, 1.54) is 0 Å². The molecule has 0 fully saturated rings. The van der Waals surface area contributed by atoms with Gasteiger partial charge in [0.15, 0.2) is 5.75 Å². The molecule has 1 aromatic heterocycles. The van der Waals surface area contributed by atoms with Crippen LogP contribution in [-0.2, 0) is 13.6 Å². The summed E-state index contributed by atoms with van der Waals surface area (Å²) in [6.45, 7) is 0.617. The average Bonchev–Trinajstić information content (AvgIpc) is 2.94. The molecular weight excluding hydrogens is 298 g/mol. The van der Waals surface area contributed by atoms with Crippen LogP contribution in [0.5, 0.6) is 11.5 Å². The van der Waals surface area contributed by atoms with Crippen molar-refractivity contribution in [3.8, 4) is 11.5 Å². The van der Waals surface area contributed by atoms with E-state index in [0.29, 0.717) is 17.3 Å². The molecule has 3 aromatic rings. The maximum Gasteiger partial charge on any atom is 0.150 e. The number of hydrogen-bond donors (Lipinski definition) is 1. The Balaban J connectivity index is 1.78. The lowest BCUT2D eigenvalue weighted by Crippen LogP contribution is -2.06. The van der Waals surface area contributed by atoms with E-state index in [9.17, 15) is 0 Å². The van der Waals surface area contributed by atoms with Crippen molar-refractivity contribution in [2.24, 2.45) is 7.05 Å². The highest BCUT2D eigenvalue weighted by molar-refractivity contribution is 6.32. The summed E-state index contributed by atoms with van der Waals surface area (Å²) < 4.78 is 7.90. The van der Waals surface area contributed by atoms with E-state index in [2.05, 4.69) is 10.3 Å². The van der Waals surface area contributed by atoms with E-state index in [-0.39, 0.29) is 0 Å². The number of aryl methyl sites for hydroxylation is 1. The highest BCUT2D eigenvalue weighted by Gasteiger charge is 2.07. The number of para-hydroxylation sites is 3. The average molecular weight is 314 g/mol. The van der Waals surface area contributed by atoms with E-state index in [1.807, 2.05) is 60.3 Å². The smallest absolute Gasteiger partial charge is 0.150 e. The van der Waals surface area contributed by atoms with Gasteiger partial charge in [-0.3, -0.25) is 0 Å². The first kappa shape index (κ1) is 14.5. The normalized spacial score (nSPS) is 10.5. The number of hydrogen-bond acceptors (Lipinski definition) is 3. The van der Waals surface area contributed by atoms with Gasteiger partial charge in [-0.1, -0.05) is 35.9 Å². The Bertz CT molecular complexity index is 770. The molecule has 3 rings (SSSR count). The fourth-order valence-electron chi connectivity index (χ4n) is 2.09. The van der Waals surface area contributed by atoms with Gasteiger partial charge in [-0.15, -0.1) is 0 Å². The van der Waals surface area contributed by atoms with Crippen LogP contribution < -0.4 is 10.1 Å². The van der Waals surface area contributed by atoms with Crippen LogP contribution in [0.25, 0.3) is 0 Å². The van der Waals surface area contributed by atoms with E-state index in [0.717, 1.165) is 17.3 Å². The zero-order chi connectivity index (χ0) is 15.4. The monoisotopic (exact) mass is 313 g/mol. The predicted molar refractivity (Wildman–Crippen MR) is 88.5 cm³/mol. The lowest BCUT2D eigenvalue weighted by molar-refractivity contribution is 0.484. The molecule has 5 heteroatoms. The Morgan fingerprint density at radius 2 is 1.82 bits per heavy atom. The molecule has 0 atom stereocenters. The fraction of sp³-hybridized carbons (Fsp3) is 0.118. The first-order chi connectivity index (χ1) is 10.7. The van der Waals surface area contributed by atoms with Gasteiger partial charge in [0.2, 0.25) is 0 Å². The maximum absolute atomic E-state index is 6.15. The van der Waals surface area contributed by atoms with Crippen LogP contribution in [0.4, 0.5) is 5.69 Å². The minimum absolute atomic E-state index is 0.585. The van der Waals surface area contributed by atoms with Gasteiger partial charge in [-0.2, -0.15) is 0 Å². The van der Waals surface area contributed by atoms with Crippen LogP contribution in [0.2, 0.25) is 5.02 Å². The van der Waals surface area contributed by atoms with Crippen LogP contribution in [-0.4, -0.2) is 9.55 Å². The number of ether oxygens (including phenoxy) is 1. The SMILES string of the molecule is Cn1ccnc1CNc1ccccc1Oc1ccccc1Cl. The highest BCUT2D eigenvalue weighted by atomic mass is 35.5. The van der Waals surface area contributed by atoms with Gasteiger partial charge >= 0.3 is 0 Å². The molecule has 0 saturated heterocycles. The molecular formula is C17H16ClN3O. The fourth-order valence-corrected chi connectivity index (χ4v) is 2.26. The number of halogens is 1. The van der Waals surface area contributed by atoms with Gasteiger partial charge in [-0.05, 0) is 24.3 Å². The summed E-state index contributed by atoms with van der Waals surface area (Å²) in [6.07, 6.45) is 3.70. The third kappa shape index (κ3) is 3.23. The number of rotatable bonds is 5. The van der Waals surface area contributed by atoms with Crippen molar-refractivity contribution in [1.82, 2.24) is 9.55 Å². The second-order valence-corrected chi connectivity index (χ2v) is 5.24. The predicted octanol–water partition coefficient (Wildman–Crippen LogP) is 4.48. The molecule has 112 valence electrons. The molecule has 0 spiro atoms. The van der Waals surface area contributed by atoms with Crippen LogP contribution in [0.15, 0.2) is 60.9 Å². The molecule has 4 nitrogen and oxygen atoms in total. The number of aromatic nitrogens is 2. The molecule has 0 aliphatic heterocycles. The first-order valence-corrected chi connectivity index (χ1v) is 7.33. The summed E-state index contributed by atoms with van der Waals surface area (Å²) in [6, 6.07) is 15.2. The zero-order valence-electron chi connectivity index (χ0n) is 12.2. The molecule has 0 aliphatic carbocycles. The molecule has 0 saturated carbocycles. The van der Waals surface area contributed by atoms with Gasteiger partial charge < -0.3 is 14.6 Å². The second kappa shape index (κ2) is 6.54. The van der Waals surface area contributed by atoms with E-state index in [1.54, 1.807) is 12.3 Å². The van der Waals surface area contributed by atoms with Crippen molar-refractivity contribution in [2.45, 2.75) is 6.54 Å². The Hall–Kier alpha value is -2.46. The van der Waals surface area contributed by atoms with Crippen LogP contribution in [0.1, 0.15) is 5.82 Å². The van der Waals surface area contributed by atoms with Crippen molar-refractivity contribution in [1.29, 1.82) is 0 Å². The number of imidazole rings is 1. The number of nitrogens with one attached hydrogen (secondary N) is 1. The van der Waals surface area contributed by atoms with E-state index >= 15 is 0 Å². The Morgan fingerprint density at radius 1 is 1.09 bits per heavy atom. The summed E-state index contributed by atoms with van der Waals surface area (Å²) in [5.41, 5.74) is 0.894. The van der Waals surface area contributed by atoms with Crippen LogP contribution in [0.3, 0.4) is 0 Å². The highest BCUT2D eigenvalue weighted by Crippen LogP contribution is 2.33. The molecule has 22 heavy (non-hydrogen) atoms. The van der Waals surface area contributed by atoms with Crippen LogP contribution >= 0.6 is 11.6 Å². The Morgan fingerprint density at radius 3 is 2.55 bits per heavy atom. The van der Waals surface area contributed by atoms with Gasteiger partial charge in [0, 0.05) is 19.4 Å². The van der Waals surface area contributed by atoms with Crippen molar-refractivity contribution < 1.29 is 4.74 Å². The first-order valence-electron chi connectivity index (χ1n) is 6.95. The Labute approximate surface area is 134 Å². The summed E-state index contributed by atoms with van der Waals surface area (Å²) in [5, 5.41) is 3.93. The molecule has 1 heterocycles. The maximum atomic E-state index is 6.15. The molecule has 0 bridgehead atoms. The minimum Gasteiger partial charge on any atom is -0.454 e. The number of benzene rings is 2. The summed E-state index contributed by atoms with van der Waals surface area (Å²) in [4.78, 5) is 4.30. The van der Waals surface area contributed by atoms with Crippen molar-refractivity contribution in [3.05, 3.63) is 71.8 Å². The van der Waals surface area contributed by atoms with Crippen molar-refractivity contribution >= 4 is 17.3 Å². The quantitative estimate of drug-likeness (QED) is 0.755. The van der Waals surface area contributed by atoms with Crippen molar-refractivity contribution in [2.75, 3.05) is 5.32 Å². The number of nitrogens with zero attached hydrogens (tertiary/aromatic N) is 2. The standard InChI is InChI=1S/C17H16ClN3O/c1-21-11-10-19-17(21)12-20-14-7-3-5-9-16(14)22-15-8-4-2-6-13(15)18/h2-11,20H,12H2,1H3. The van der Waals surface area contributed by atoms with Crippen molar-refractivity contribution in [3.63, 3.8) is 0 Å². The van der Waals surface area contributed by atoms with Gasteiger partial charge in [0.05, 0.1) is 17.3 Å². The Kier molecular flexibility index (Phi) is 4.30. The molecule has 2 aromatic carbocycles. The third-order valence-electron chi connectivity index (χ3n) is 3.30. The molecule has 0 aliphatic rings. The summed E-state index contributed by atoms with van der Waals surface area (Å²) >= 11 is 6.15. The lowest BCUT2D eigenvalue weighted by atomic mass is 10.3. The largest absolute Gasteiger partial charge is 0.454 e. The number of anilines is 1. The summed E-state index contributed by atoms with van der Waals surface area (Å²) in [7, 11) is 1.97. The van der Waals surface area contributed by atoms with Crippen LogP contribution in [0, 0.1) is 0 Å². The zero-order valence-corrected chi connectivity index (χ0v) is 12.9. The molecule has 0 unspecified atom stereocenters. The van der Waals surface area contributed by atoms with Gasteiger partial charge in [-0.25, -0.2) is 4.98 Å². The lowest BCUT2D eigenvalue weighted by Gasteiger charge is -2.13. The van der Waals surface area contributed by atoms with E-state index < -0.39 is 0 Å². The van der Waals surface area contributed by atoms with Gasteiger partial charge in [0.25, 0.3) is 0 Å². The molecule has 0 amide bonds. The second-order valence-electron chi connectivity index (χ2n) is 4.84. The topological polar surface area (TPSA) is 39.1 Å². The summed E-state index contributed by atoms with van der Waals surface area (Å²) in [5.74, 6) is 2.31. The van der Waals surface area contributed by atoms with E-state index in [4.69, 9.17) is 16.3 Å².